The Morgan fingerprint density at radius 2 is 2.26 bits per heavy atom. The van der Waals surface area contributed by atoms with Crippen molar-refractivity contribution < 1.29 is 19.4 Å². The molecule has 1 rings (SSSR count). The molecule has 1 N–H and O–H groups in total. The number of amides is 1. The van der Waals surface area contributed by atoms with Gasteiger partial charge in [0.15, 0.2) is 0 Å². The van der Waals surface area contributed by atoms with Crippen molar-refractivity contribution in [2.75, 3.05) is 26.8 Å². The number of thiophene rings is 1. The van der Waals surface area contributed by atoms with Crippen LogP contribution in [0.2, 0.25) is 0 Å². The third-order valence-corrected chi connectivity index (χ3v) is 3.56. The summed E-state index contributed by atoms with van der Waals surface area (Å²) in [4.78, 5) is 25.9. The van der Waals surface area contributed by atoms with Gasteiger partial charge in [0.2, 0.25) is 0 Å². The van der Waals surface area contributed by atoms with Gasteiger partial charge in [-0.3, -0.25) is 9.59 Å². The lowest BCUT2D eigenvalue weighted by molar-refractivity contribution is -0.145. The van der Waals surface area contributed by atoms with E-state index >= 15 is 0 Å². The highest BCUT2D eigenvalue weighted by atomic mass is 32.1. The number of carbonyl (C=O) groups excluding carboxylic acids is 2. The van der Waals surface area contributed by atoms with Gasteiger partial charge in [0.05, 0.1) is 17.9 Å². The standard InChI is InChI=1S/C13H19NO4S/c1-10(13(17)18-2)9-14(6-4-7-15)12(16)11-5-3-8-19-11/h3,5,8,10,15H,4,6-7,9H2,1-2H3. The fraction of sp³-hybridized carbons (Fsp3) is 0.538. The number of esters is 1. The minimum Gasteiger partial charge on any atom is -0.469 e. The van der Waals surface area contributed by atoms with E-state index in [0.29, 0.717) is 24.4 Å². The molecule has 19 heavy (non-hydrogen) atoms. The Labute approximate surface area is 116 Å². The van der Waals surface area contributed by atoms with Crippen LogP contribution in [0.5, 0.6) is 0 Å². The molecule has 1 amide bonds. The molecule has 0 bridgehead atoms. The van der Waals surface area contributed by atoms with Crippen molar-refractivity contribution in [1.29, 1.82) is 0 Å². The van der Waals surface area contributed by atoms with Crippen LogP contribution in [0.4, 0.5) is 0 Å². The average Bonchev–Trinajstić information content (AvgIpc) is 2.95. The Kier molecular flexibility index (Phi) is 6.52. The second-order valence-corrected chi connectivity index (χ2v) is 5.18. The fourth-order valence-corrected chi connectivity index (χ4v) is 2.39. The first-order chi connectivity index (χ1) is 9.10. The predicted octanol–water partition coefficient (Wildman–Crippen LogP) is 1.38. The van der Waals surface area contributed by atoms with Gasteiger partial charge in [-0.05, 0) is 17.9 Å². The summed E-state index contributed by atoms with van der Waals surface area (Å²) in [5.41, 5.74) is 0. The molecule has 0 aromatic carbocycles. The molecule has 6 heteroatoms. The van der Waals surface area contributed by atoms with Gasteiger partial charge in [-0.15, -0.1) is 11.3 Å². The fourth-order valence-electron chi connectivity index (χ4n) is 1.70. The molecule has 0 fully saturated rings. The number of aliphatic hydroxyl groups excluding tert-OH is 1. The molecule has 1 aromatic rings. The smallest absolute Gasteiger partial charge is 0.310 e. The van der Waals surface area contributed by atoms with E-state index in [1.165, 1.54) is 18.4 Å². The van der Waals surface area contributed by atoms with E-state index in [4.69, 9.17) is 5.11 Å². The first-order valence-corrected chi connectivity index (χ1v) is 6.99. The minimum atomic E-state index is -0.382. The number of hydrogen-bond acceptors (Lipinski definition) is 5. The minimum absolute atomic E-state index is 0.0147. The van der Waals surface area contributed by atoms with Crippen molar-refractivity contribution in [2.45, 2.75) is 13.3 Å². The molecule has 1 unspecified atom stereocenters. The second kappa shape index (κ2) is 7.91. The summed E-state index contributed by atoms with van der Waals surface area (Å²) in [7, 11) is 1.33. The zero-order valence-electron chi connectivity index (χ0n) is 11.2. The zero-order chi connectivity index (χ0) is 14.3. The van der Waals surface area contributed by atoms with Crippen molar-refractivity contribution in [2.24, 2.45) is 5.92 Å². The van der Waals surface area contributed by atoms with E-state index in [1.807, 2.05) is 11.4 Å². The van der Waals surface area contributed by atoms with E-state index < -0.39 is 0 Å². The Hall–Kier alpha value is -1.40. The van der Waals surface area contributed by atoms with E-state index in [2.05, 4.69) is 4.74 Å². The Balaban J connectivity index is 2.71. The number of hydrogen-bond donors (Lipinski definition) is 1. The first-order valence-electron chi connectivity index (χ1n) is 6.11. The molecule has 1 atom stereocenters. The maximum absolute atomic E-state index is 12.3. The van der Waals surface area contributed by atoms with Crippen molar-refractivity contribution in [3.63, 3.8) is 0 Å². The highest BCUT2D eigenvalue weighted by molar-refractivity contribution is 7.12. The third kappa shape index (κ3) is 4.65. The maximum Gasteiger partial charge on any atom is 0.310 e. The Bertz CT molecular complexity index is 405. The lowest BCUT2D eigenvalue weighted by atomic mass is 10.1. The molecular weight excluding hydrogens is 266 g/mol. The van der Waals surface area contributed by atoms with Crippen LogP contribution >= 0.6 is 11.3 Å². The highest BCUT2D eigenvalue weighted by Crippen LogP contribution is 2.14. The van der Waals surface area contributed by atoms with Gasteiger partial charge in [-0.1, -0.05) is 13.0 Å². The van der Waals surface area contributed by atoms with Gasteiger partial charge < -0.3 is 14.7 Å². The van der Waals surface area contributed by atoms with Gasteiger partial charge in [-0.2, -0.15) is 0 Å². The van der Waals surface area contributed by atoms with Crippen LogP contribution < -0.4 is 0 Å². The molecule has 0 aliphatic carbocycles. The lowest BCUT2D eigenvalue weighted by Gasteiger charge is -2.24. The summed E-state index contributed by atoms with van der Waals surface area (Å²) < 4.78 is 4.66. The third-order valence-electron chi connectivity index (χ3n) is 2.70. The van der Waals surface area contributed by atoms with Crippen molar-refractivity contribution >= 4 is 23.2 Å². The number of carbonyl (C=O) groups is 2. The molecule has 1 aromatic heterocycles. The SMILES string of the molecule is COC(=O)C(C)CN(CCCO)C(=O)c1cccs1. The summed E-state index contributed by atoms with van der Waals surface area (Å²) in [6.07, 6.45) is 0.491. The second-order valence-electron chi connectivity index (χ2n) is 4.23. The molecule has 0 aliphatic heterocycles. The maximum atomic E-state index is 12.3. The van der Waals surface area contributed by atoms with Crippen LogP contribution in [-0.2, 0) is 9.53 Å². The van der Waals surface area contributed by atoms with E-state index in [9.17, 15) is 9.59 Å². The Morgan fingerprint density at radius 3 is 2.79 bits per heavy atom. The van der Waals surface area contributed by atoms with Crippen LogP contribution in [0.1, 0.15) is 23.0 Å². The molecule has 5 nitrogen and oxygen atoms in total. The molecule has 0 radical (unpaired) electrons. The van der Waals surface area contributed by atoms with Crippen molar-refractivity contribution in [3.8, 4) is 0 Å². The molecule has 0 saturated heterocycles. The van der Waals surface area contributed by atoms with E-state index in [1.54, 1.807) is 17.9 Å². The highest BCUT2D eigenvalue weighted by Gasteiger charge is 2.22. The van der Waals surface area contributed by atoms with E-state index in [0.717, 1.165) is 0 Å². The topological polar surface area (TPSA) is 66.8 Å². The van der Waals surface area contributed by atoms with Gasteiger partial charge in [0.1, 0.15) is 0 Å². The van der Waals surface area contributed by atoms with Gasteiger partial charge in [0, 0.05) is 19.7 Å². The van der Waals surface area contributed by atoms with Gasteiger partial charge in [-0.25, -0.2) is 0 Å². The van der Waals surface area contributed by atoms with Gasteiger partial charge in [0.25, 0.3) is 5.91 Å². The molecule has 0 spiro atoms. The first kappa shape index (κ1) is 15.7. The average molecular weight is 285 g/mol. The quantitative estimate of drug-likeness (QED) is 0.769. The number of nitrogens with zero attached hydrogens (tertiary/aromatic N) is 1. The number of methoxy groups -OCH3 is 1. The number of ether oxygens (including phenoxy) is 1. The van der Waals surface area contributed by atoms with Crippen LogP contribution in [0, 0.1) is 5.92 Å². The summed E-state index contributed by atoms with van der Waals surface area (Å²) in [6, 6.07) is 3.56. The van der Waals surface area contributed by atoms with Gasteiger partial charge >= 0.3 is 5.97 Å². The molecule has 106 valence electrons. The molecular formula is C13H19NO4S. The lowest BCUT2D eigenvalue weighted by Crippen LogP contribution is -2.38. The van der Waals surface area contributed by atoms with Crippen LogP contribution in [0.15, 0.2) is 17.5 Å². The Morgan fingerprint density at radius 1 is 1.53 bits per heavy atom. The van der Waals surface area contributed by atoms with Crippen molar-refractivity contribution in [3.05, 3.63) is 22.4 Å². The summed E-state index contributed by atoms with van der Waals surface area (Å²) >= 11 is 1.36. The predicted molar refractivity (Wildman–Crippen MR) is 73.1 cm³/mol. The number of aliphatic hydroxyl groups is 1. The molecule has 0 saturated carbocycles. The van der Waals surface area contributed by atoms with Crippen LogP contribution in [0.25, 0.3) is 0 Å². The summed E-state index contributed by atoms with van der Waals surface area (Å²) in [6.45, 7) is 2.46. The largest absolute Gasteiger partial charge is 0.469 e. The molecule has 0 aliphatic rings. The number of rotatable bonds is 7. The summed E-state index contributed by atoms with van der Waals surface area (Å²) in [5.74, 6) is -0.834. The normalized spacial score (nSPS) is 11.9. The van der Waals surface area contributed by atoms with Crippen LogP contribution in [-0.4, -0.2) is 48.7 Å². The summed E-state index contributed by atoms with van der Waals surface area (Å²) in [5, 5.41) is 10.7. The van der Waals surface area contributed by atoms with E-state index in [-0.39, 0.29) is 24.4 Å². The van der Waals surface area contributed by atoms with Crippen molar-refractivity contribution in [1.82, 2.24) is 4.90 Å². The van der Waals surface area contributed by atoms with Crippen LogP contribution in [0.3, 0.4) is 0 Å². The zero-order valence-corrected chi connectivity index (χ0v) is 12.0. The molecule has 1 heterocycles. The monoisotopic (exact) mass is 285 g/mol.